The highest BCUT2D eigenvalue weighted by Crippen LogP contribution is 2.07. The van der Waals surface area contributed by atoms with Crippen molar-refractivity contribution in [1.29, 1.82) is 0 Å². The van der Waals surface area contributed by atoms with Gasteiger partial charge in [0, 0.05) is 18.3 Å². The van der Waals surface area contributed by atoms with Crippen molar-refractivity contribution in [2.24, 2.45) is 0 Å². The van der Waals surface area contributed by atoms with Crippen LogP contribution in [-0.4, -0.2) is 11.0 Å². The zero-order valence-corrected chi connectivity index (χ0v) is 7.24. The highest BCUT2D eigenvalue weighted by Gasteiger charge is 2.13. The summed E-state index contributed by atoms with van der Waals surface area (Å²) in [5.74, 6) is -0.354. The van der Waals surface area contributed by atoms with Gasteiger partial charge in [-0.15, -0.1) is 0 Å². The van der Waals surface area contributed by atoms with E-state index in [-0.39, 0.29) is 17.2 Å². The predicted octanol–water partition coefficient (Wildman–Crippen LogP) is 2.03. The van der Waals surface area contributed by atoms with Crippen LogP contribution in [0.2, 0.25) is 0 Å². The number of rotatable bonds is 3. The molecule has 0 saturated heterocycles. The van der Waals surface area contributed by atoms with E-state index in [1.54, 1.807) is 12.1 Å². The molecule has 0 heterocycles. The van der Waals surface area contributed by atoms with Gasteiger partial charge in [0.15, 0.2) is 0 Å². The van der Waals surface area contributed by atoms with Gasteiger partial charge in [-0.2, -0.15) is 0 Å². The average molecular weight is 183 g/mol. The fourth-order valence-electron chi connectivity index (χ4n) is 1.08. The van der Waals surface area contributed by atoms with Crippen LogP contribution in [0.3, 0.4) is 0 Å². The number of halogens is 1. The van der Waals surface area contributed by atoms with Gasteiger partial charge in [0.25, 0.3) is 0 Å². The first kappa shape index (κ1) is 9.64. The van der Waals surface area contributed by atoms with Crippen molar-refractivity contribution in [2.75, 3.05) is 0 Å². The summed E-state index contributed by atoms with van der Waals surface area (Å²) in [4.78, 5) is 9.93. The number of benzene rings is 1. The van der Waals surface area contributed by atoms with Gasteiger partial charge in [-0.1, -0.05) is 12.1 Å². The molecule has 0 N–H and O–H groups in total. The van der Waals surface area contributed by atoms with Crippen LogP contribution in [0.25, 0.3) is 0 Å². The Hall–Kier alpha value is -1.45. The minimum atomic E-state index is -0.665. The molecule has 0 aliphatic carbocycles. The van der Waals surface area contributed by atoms with E-state index in [9.17, 15) is 14.5 Å². The molecule has 0 amide bonds. The molecule has 0 fully saturated rings. The molecule has 3 nitrogen and oxygen atoms in total. The minimum absolute atomic E-state index is 0.269. The highest BCUT2D eigenvalue weighted by atomic mass is 19.1. The standard InChI is InChI=1S/C9H10FNO2/c1-7(11(12)13)5-8-3-2-4-9(10)6-8/h2-4,6-7H,5H2,1H3. The van der Waals surface area contributed by atoms with Crippen molar-refractivity contribution in [3.63, 3.8) is 0 Å². The molecule has 0 aliphatic heterocycles. The smallest absolute Gasteiger partial charge is 0.214 e. The van der Waals surface area contributed by atoms with E-state index >= 15 is 0 Å². The second-order valence-corrected chi connectivity index (χ2v) is 2.97. The number of hydrogen-bond donors (Lipinski definition) is 0. The van der Waals surface area contributed by atoms with E-state index in [4.69, 9.17) is 0 Å². The summed E-state index contributed by atoms with van der Waals surface area (Å²) < 4.78 is 12.6. The Morgan fingerprint density at radius 3 is 2.85 bits per heavy atom. The molecule has 70 valence electrons. The molecule has 1 aromatic rings. The Bertz CT molecular complexity index is 314. The van der Waals surface area contributed by atoms with Gasteiger partial charge in [0.1, 0.15) is 5.82 Å². The van der Waals surface area contributed by atoms with E-state index in [1.165, 1.54) is 19.1 Å². The van der Waals surface area contributed by atoms with Crippen LogP contribution in [0, 0.1) is 15.9 Å². The quantitative estimate of drug-likeness (QED) is 0.531. The summed E-state index contributed by atoms with van der Waals surface area (Å²) in [6.45, 7) is 1.50. The Morgan fingerprint density at radius 2 is 2.31 bits per heavy atom. The third-order valence-corrected chi connectivity index (χ3v) is 1.78. The average Bonchev–Trinajstić information content (AvgIpc) is 2.04. The normalized spacial score (nSPS) is 12.5. The summed E-state index contributed by atoms with van der Waals surface area (Å²) in [7, 11) is 0. The van der Waals surface area contributed by atoms with Crippen LogP contribution < -0.4 is 0 Å². The van der Waals surface area contributed by atoms with E-state index in [0.29, 0.717) is 5.56 Å². The molecule has 1 rings (SSSR count). The second-order valence-electron chi connectivity index (χ2n) is 2.97. The van der Waals surface area contributed by atoms with Gasteiger partial charge >= 0.3 is 0 Å². The zero-order chi connectivity index (χ0) is 9.84. The summed E-state index contributed by atoms with van der Waals surface area (Å²) in [6.07, 6.45) is 0.269. The van der Waals surface area contributed by atoms with Crippen LogP contribution in [0.15, 0.2) is 24.3 Å². The van der Waals surface area contributed by atoms with Crippen molar-refractivity contribution in [1.82, 2.24) is 0 Å². The molecule has 0 aliphatic rings. The molecule has 1 unspecified atom stereocenters. The third kappa shape index (κ3) is 2.82. The van der Waals surface area contributed by atoms with Gasteiger partial charge in [0.05, 0.1) is 0 Å². The fourth-order valence-corrected chi connectivity index (χ4v) is 1.08. The Balaban J connectivity index is 2.69. The summed E-state index contributed by atoms with van der Waals surface area (Å²) in [6, 6.07) is 5.21. The van der Waals surface area contributed by atoms with E-state index in [1.807, 2.05) is 0 Å². The van der Waals surface area contributed by atoms with Gasteiger partial charge in [0.2, 0.25) is 6.04 Å². The van der Waals surface area contributed by atoms with Crippen molar-refractivity contribution in [3.8, 4) is 0 Å². The van der Waals surface area contributed by atoms with Gasteiger partial charge in [-0.3, -0.25) is 10.1 Å². The van der Waals surface area contributed by atoms with Crippen molar-refractivity contribution in [3.05, 3.63) is 45.8 Å². The first-order chi connectivity index (χ1) is 6.09. The molecule has 0 spiro atoms. The second kappa shape index (κ2) is 3.98. The van der Waals surface area contributed by atoms with Gasteiger partial charge in [-0.25, -0.2) is 4.39 Å². The van der Waals surface area contributed by atoms with E-state index < -0.39 is 6.04 Å². The number of hydrogen-bond acceptors (Lipinski definition) is 2. The number of nitro groups is 1. The van der Waals surface area contributed by atoms with Crippen molar-refractivity contribution < 1.29 is 9.31 Å². The summed E-state index contributed by atoms with van der Waals surface area (Å²) >= 11 is 0. The molecule has 13 heavy (non-hydrogen) atoms. The lowest BCUT2D eigenvalue weighted by atomic mass is 10.1. The first-order valence-corrected chi connectivity index (χ1v) is 3.97. The van der Waals surface area contributed by atoms with E-state index in [2.05, 4.69) is 0 Å². The van der Waals surface area contributed by atoms with Crippen molar-refractivity contribution in [2.45, 2.75) is 19.4 Å². The maximum Gasteiger partial charge on any atom is 0.214 e. The Morgan fingerprint density at radius 1 is 1.62 bits per heavy atom. The molecule has 1 atom stereocenters. The van der Waals surface area contributed by atoms with Crippen LogP contribution in [0.4, 0.5) is 4.39 Å². The van der Waals surface area contributed by atoms with E-state index in [0.717, 1.165) is 0 Å². The largest absolute Gasteiger partial charge is 0.264 e. The van der Waals surface area contributed by atoms with Crippen molar-refractivity contribution >= 4 is 0 Å². The van der Waals surface area contributed by atoms with Gasteiger partial charge in [-0.05, 0) is 17.7 Å². The fraction of sp³-hybridized carbons (Fsp3) is 0.333. The van der Waals surface area contributed by atoms with Crippen LogP contribution >= 0.6 is 0 Å². The maximum atomic E-state index is 12.6. The monoisotopic (exact) mass is 183 g/mol. The topological polar surface area (TPSA) is 43.1 Å². The molecular weight excluding hydrogens is 173 g/mol. The highest BCUT2D eigenvalue weighted by molar-refractivity contribution is 5.16. The zero-order valence-electron chi connectivity index (χ0n) is 7.24. The summed E-state index contributed by atoms with van der Waals surface area (Å²) in [5, 5.41) is 10.3. The minimum Gasteiger partial charge on any atom is -0.264 e. The lowest BCUT2D eigenvalue weighted by Crippen LogP contribution is -2.17. The van der Waals surface area contributed by atoms with Crippen LogP contribution in [0.5, 0.6) is 0 Å². The molecule has 1 aromatic carbocycles. The third-order valence-electron chi connectivity index (χ3n) is 1.78. The molecule has 0 aromatic heterocycles. The molecule has 0 saturated carbocycles. The van der Waals surface area contributed by atoms with Crippen LogP contribution in [-0.2, 0) is 6.42 Å². The molecule has 0 radical (unpaired) electrons. The number of nitrogens with zero attached hydrogens (tertiary/aromatic N) is 1. The molecule has 4 heteroatoms. The Labute approximate surface area is 75.3 Å². The SMILES string of the molecule is CC(Cc1cccc(F)c1)[N+](=O)[O-]. The lowest BCUT2D eigenvalue weighted by Gasteiger charge is -2.03. The summed E-state index contributed by atoms with van der Waals surface area (Å²) in [5.41, 5.74) is 0.657. The maximum absolute atomic E-state index is 12.6. The first-order valence-electron chi connectivity index (χ1n) is 3.97. The molecule has 0 bridgehead atoms. The predicted molar refractivity (Wildman–Crippen MR) is 46.6 cm³/mol. The molecular formula is C9H10FNO2. The Kier molecular flexibility index (Phi) is 2.95. The van der Waals surface area contributed by atoms with Crippen LogP contribution in [0.1, 0.15) is 12.5 Å². The van der Waals surface area contributed by atoms with Gasteiger partial charge < -0.3 is 0 Å². The lowest BCUT2D eigenvalue weighted by molar-refractivity contribution is -0.517.